The van der Waals surface area contributed by atoms with Gasteiger partial charge in [-0.3, -0.25) is 0 Å². The summed E-state index contributed by atoms with van der Waals surface area (Å²) in [6, 6.07) is 0. The van der Waals surface area contributed by atoms with Crippen molar-refractivity contribution in [2.75, 3.05) is 0 Å². The van der Waals surface area contributed by atoms with Crippen LogP contribution < -0.4 is 0 Å². The van der Waals surface area contributed by atoms with Gasteiger partial charge in [-0.15, -0.1) is 0 Å². The van der Waals surface area contributed by atoms with Crippen molar-refractivity contribution in [1.29, 1.82) is 0 Å². The Bertz CT molecular complexity index is 19.1. The number of hydrogen-bond donors (Lipinski definition) is 3. The van der Waals surface area contributed by atoms with Crippen LogP contribution >= 0.6 is 0 Å². The third-order valence-corrected chi connectivity index (χ3v) is 0. The van der Waals surface area contributed by atoms with Crippen LogP contribution in [0.4, 0.5) is 0 Å². The minimum atomic E-state index is -4.86. The third kappa shape index (κ3) is 5300. The first-order valence-corrected chi connectivity index (χ1v) is 2.62. The molecule has 0 aliphatic carbocycles. The third-order valence-electron chi connectivity index (χ3n) is 0. The highest BCUT2D eigenvalue weighted by Gasteiger charge is 2.25. The van der Waals surface area contributed by atoms with E-state index in [9.17, 15) is 0 Å². The maximum Gasteiger partial charge on any atom is 0.698 e. The summed E-state index contributed by atoms with van der Waals surface area (Å²) in [6.07, 6.45) is 0. The maximum absolute atomic E-state index is 8.91. The van der Waals surface area contributed by atoms with Crippen LogP contribution in [0.5, 0.6) is 0 Å². The largest absolute Gasteiger partial charge is 0.698 e. The fourth-order valence-corrected chi connectivity index (χ4v) is 0. The second-order valence-electron chi connectivity index (χ2n) is 0.574. The Kier molecular flexibility index (Phi) is 1.05. The monoisotopic (exact) mass is 95.0 g/mol. The van der Waals surface area contributed by atoms with E-state index in [1.54, 1.807) is 0 Å². The summed E-state index contributed by atoms with van der Waals surface area (Å²) in [4.78, 5) is 30.6. The van der Waals surface area contributed by atoms with Crippen molar-refractivity contribution in [3.05, 3.63) is 0 Å². The van der Waals surface area contributed by atoms with Crippen LogP contribution in [0, 0.1) is 0 Å². The van der Waals surface area contributed by atoms with E-state index < -0.39 is 9.05 Å². The molecule has 0 fully saturated rings. The highest BCUT2D eigenvalue weighted by Crippen LogP contribution is 1.69. The van der Waals surface area contributed by atoms with E-state index >= 15 is 0 Å². The second kappa shape index (κ2) is 1.03. The molecule has 1 radical (unpaired) electrons. The summed E-state index contributed by atoms with van der Waals surface area (Å²) in [5.74, 6) is 0. The smallest absolute Gasteiger partial charge is 0.366 e. The fraction of sp³-hybridized carbons (Fsp3) is 0. The topological polar surface area (TPSA) is 80.6 Å². The molecule has 0 amide bonds. The van der Waals surface area contributed by atoms with Crippen LogP contribution in [0.25, 0.3) is 0 Å². The predicted octanol–water partition coefficient (Wildman–Crippen LogP) is -2.17. The lowest BCUT2D eigenvalue weighted by Crippen LogP contribution is -2.31. The summed E-state index contributed by atoms with van der Waals surface area (Å²) < 4.78 is 0. The lowest BCUT2D eigenvalue weighted by atomic mass is 15.7. The Labute approximate surface area is 29.4 Å². The van der Waals surface area contributed by atoms with Crippen molar-refractivity contribution < 1.29 is 19.2 Å². The standard InChI is InChI=1S/H3O4Si/c1-5(2,3)4/h1-3H. The summed E-state index contributed by atoms with van der Waals surface area (Å²) in [7, 11) is -4.86. The number of hydrogen-bond acceptors (Lipinski definition) is 3. The molecule has 3 N–H and O–H groups in total. The highest BCUT2D eigenvalue weighted by atomic mass is 28.4. The molecule has 0 aromatic heterocycles. The fourth-order valence-electron chi connectivity index (χ4n) is 0. The summed E-state index contributed by atoms with van der Waals surface area (Å²) >= 11 is 0. The van der Waals surface area contributed by atoms with E-state index in [1.807, 2.05) is 0 Å². The van der Waals surface area contributed by atoms with Gasteiger partial charge in [0.2, 0.25) is 0 Å². The quantitative estimate of drug-likeness (QED) is 0.299. The first-order valence-electron chi connectivity index (χ1n) is 0.875. The molecule has 0 heterocycles. The summed E-state index contributed by atoms with van der Waals surface area (Å²) in [5.41, 5.74) is 0. The van der Waals surface area contributed by atoms with Gasteiger partial charge in [-0.25, -0.2) is 4.80 Å². The average Bonchev–Trinajstić information content (AvgIpc) is 0.722. The molecule has 0 bridgehead atoms. The van der Waals surface area contributed by atoms with Gasteiger partial charge < -0.3 is 14.4 Å². The van der Waals surface area contributed by atoms with Gasteiger partial charge in [-0.1, -0.05) is 0 Å². The normalized spacial score (nSPS) is 12.0. The maximum atomic E-state index is 8.91. The van der Waals surface area contributed by atoms with E-state index in [0.717, 1.165) is 0 Å². The van der Waals surface area contributed by atoms with Gasteiger partial charge in [0.25, 0.3) is 0 Å². The van der Waals surface area contributed by atoms with Crippen LogP contribution in [0.3, 0.4) is 0 Å². The Morgan fingerprint density at radius 2 is 1.20 bits per heavy atom. The van der Waals surface area contributed by atoms with Crippen molar-refractivity contribution in [3.63, 3.8) is 0 Å². The van der Waals surface area contributed by atoms with E-state index in [1.165, 1.54) is 0 Å². The van der Waals surface area contributed by atoms with Gasteiger partial charge in [0.1, 0.15) is 0 Å². The van der Waals surface area contributed by atoms with Crippen molar-refractivity contribution in [1.82, 2.24) is 0 Å². The first kappa shape index (κ1) is 5.06. The van der Waals surface area contributed by atoms with Gasteiger partial charge in [-0.05, 0) is 0 Å². The highest BCUT2D eigenvalue weighted by molar-refractivity contribution is 6.46. The van der Waals surface area contributed by atoms with Crippen LogP contribution in [0.1, 0.15) is 0 Å². The molecule has 0 saturated carbocycles. The van der Waals surface area contributed by atoms with Gasteiger partial charge in [-0.2, -0.15) is 0 Å². The molecule has 0 aromatic carbocycles. The molecule has 4 nitrogen and oxygen atoms in total. The van der Waals surface area contributed by atoms with Crippen molar-refractivity contribution in [2.45, 2.75) is 0 Å². The molecule has 0 saturated heterocycles. The molecule has 5 heavy (non-hydrogen) atoms. The van der Waals surface area contributed by atoms with E-state index in [2.05, 4.69) is 0 Å². The van der Waals surface area contributed by atoms with Crippen LogP contribution in [0.15, 0.2) is 0 Å². The molecule has 0 aromatic rings. The molecule has 0 aliphatic heterocycles. The number of rotatable bonds is 0. The Morgan fingerprint density at radius 3 is 1.20 bits per heavy atom. The predicted molar refractivity (Wildman–Crippen MR) is 13.1 cm³/mol. The van der Waals surface area contributed by atoms with Crippen molar-refractivity contribution >= 4 is 9.05 Å². The van der Waals surface area contributed by atoms with Gasteiger partial charge >= 0.3 is 9.05 Å². The van der Waals surface area contributed by atoms with Crippen molar-refractivity contribution in [2.24, 2.45) is 0 Å². The van der Waals surface area contributed by atoms with Crippen LogP contribution in [-0.4, -0.2) is 23.4 Å². The van der Waals surface area contributed by atoms with Crippen LogP contribution in [0.2, 0.25) is 0 Å². The molecule has 5 heteroatoms. The molecule has 0 spiro atoms. The van der Waals surface area contributed by atoms with E-state index in [0.29, 0.717) is 0 Å². The molecule has 0 rings (SSSR count). The lowest BCUT2D eigenvalue weighted by Gasteiger charge is -1.88. The van der Waals surface area contributed by atoms with Gasteiger partial charge in [0, 0.05) is 0 Å². The first-order chi connectivity index (χ1) is 2.00. The average molecular weight is 95.1 g/mol. The Hall–Kier alpha value is 0.0569. The lowest BCUT2D eigenvalue weighted by molar-refractivity contribution is 0.0817. The zero-order valence-corrected chi connectivity index (χ0v) is 3.25. The molecular formula is H3O4Si. The minimum absolute atomic E-state index is 4.86. The summed E-state index contributed by atoms with van der Waals surface area (Å²) in [6.45, 7) is 0. The van der Waals surface area contributed by atoms with Gasteiger partial charge in [0.15, 0.2) is 0 Å². The molecular weight excluding hydrogens is 92.1 g/mol. The van der Waals surface area contributed by atoms with Crippen molar-refractivity contribution in [3.8, 4) is 0 Å². The Balaban J connectivity index is 3.02. The Morgan fingerprint density at radius 1 is 1.20 bits per heavy atom. The second-order valence-corrected chi connectivity index (χ2v) is 1.72. The van der Waals surface area contributed by atoms with Gasteiger partial charge in [0.05, 0.1) is 0 Å². The molecule has 0 atom stereocenters. The minimum Gasteiger partial charge on any atom is -0.366 e. The SMILES string of the molecule is [O][Si](O)(O)O. The molecule has 31 valence electrons. The molecule has 0 aliphatic rings. The van der Waals surface area contributed by atoms with Crippen LogP contribution in [-0.2, 0) is 4.80 Å². The van der Waals surface area contributed by atoms with E-state index in [4.69, 9.17) is 19.2 Å². The zero-order valence-electron chi connectivity index (χ0n) is 2.25. The summed E-state index contributed by atoms with van der Waals surface area (Å²) in [5, 5.41) is 0. The zero-order chi connectivity index (χ0) is 4.50. The van der Waals surface area contributed by atoms with E-state index in [-0.39, 0.29) is 0 Å². The molecule has 0 unspecified atom stereocenters.